The maximum Gasteiger partial charge on any atom is 0.0908 e. The van der Waals surface area contributed by atoms with Gasteiger partial charge in [-0.25, -0.2) is 0 Å². The van der Waals surface area contributed by atoms with E-state index in [1.165, 1.54) is 5.75 Å². The molecule has 1 fully saturated rings. The van der Waals surface area contributed by atoms with Crippen LogP contribution in [-0.2, 0) is 4.74 Å². The van der Waals surface area contributed by atoms with Crippen molar-refractivity contribution in [3.05, 3.63) is 0 Å². The van der Waals surface area contributed by atoms with E-state index in [1.807, 2.05) is 31.4 Å². The molecule has 9 heavy (non-hydrogen) atoms. The monoisotopic (exact) mass is 182 g/mol. The average molecular weight is 182 g/mol. The van der Waals surface area contributed by atoms with Gasteiger partial charge in [-0.15, -0.1) is 0 Å². The van der Waals surface area contributed by atoms with E-state index in [4.69, 9.17) is 4.74 Å². The van der Waals surface area contributed by atoms with Crippen LogP contribution in [0.25, 0.3) is 0 Å². The van der Waals surface area contributed by atoms with Crippen LogP contribution in [0.3, 0.4) is 0 Å². The molecule has 0 saturated carbocycles. The zero-order valence-electron chi connectivity index (χ0n) is 5.33. The van der Waals surface area contributed by atoms with Crippen molar-refractivity contribution in [2.45, 2.75) is 13.0 Å². The molecule has 1 saturated heterocycles. The summed E-state index contributed by atoms with van der Waals surface area (Å²) in [6, 6.07) is 0. The van der Waals surface area contributed by atoms with Crippen molar-refractivity contribution in [1.29, 1.82) is 0 Å². The maximum absolute atomic E-state index is 5.05. The SMILES string of the molecule is CCSSSCC1CO1. The minimum absolute atomic E-state index is 0.583. The van der Waals surface area contributed by atoms with Crippen LogP contribution in [0.2, 0.25) is 0 Å². The Morgan fingerprint density at radius 3 is 2.89 bits per heavy atom. The van der Waals surface area contributed by atoms with Gasteiger partial charge in [0.2, 0.25) is 0 Å². The Morgan fingerprint density at radius 2 is 2.33 bits per heavy atom. The van der Waals surface area contributed by atoms with Crippen LogP contribution in [0.15, 0.2) is 0 Å². The zero-order valence-corrected chi connectivity index (χ0v) is 7.78. The molecule has 1 aliphatic rings. The molecule has 1 rings (SSSR count). The second kappa shape index (κ2) is 4.77. The number of ether oxygens (including phenoxy) is 1. The van der Waals surface area contributed by atoms with Gasteiger partial charge in [-0.05, 0) is 9.83 Å². The summed E-state index contributed by atoms with van der Waals surface area (Å²) in [5.41, 5.74) is 0. The van der Waals surface area contributed by atoms with E-state index >= 15 is 0 Å². The fraction of sp³-hybridized carbons (Fsp3) is 1.00. The lowest BCUT2D eigenvalue weighted by Gasteiger charge is -1.92. The number of epoxide rings is 1. The van der Waals surface area contributed by atoms with Gasteiger partial charge in [0.05, 0.1) is 12.7 Å². The quantitative estimate of drug-likeness (QED) is 0.368. The Labute approximate surface area is 67.5 Å². The molecule has 1 aliphatic heterocycles. The highest BCUT2D eigenvalue weighted by atomic mass is 33.5. The molecule has 1 atom stereocenters. The molecule has 0 aromatic rings. The lowest BCUT2D eigenvalue weighted by Crippen LogP contribution is -1.84. The minimum Gasteiger partial charge on any atom is -0.372 e. The third-order valence-electron chi connectivity index (χ3n) is 0.870. The molecule has 0 aromatic carbocycles. The molecule has 1 nitrogen and oxygen atoms in total. The predicted molar refractivity (Wildman–Crippen MR) is 47.9 cm³/mol. The Morgan fingerprint density at radius 1 is 1.56 bits per heavy atom. The van der Waals surface area contributed by atoms with Crippen LogP contribution >= 0.6 is 31.4 Å². The van der Waals surface area contributed by atoms with Gasteiger partial charge in [-0.2, -0.15) is 0 Å². The molecule has 0 radical (unpaired) electrons. The second-order valence-electron chi connectivity index (χ2n) is 1.71. The third-order valence-corrected chi connectivity index (χ3v) is 5.23. The summed E-state index contributed by atoms with van der Waals surface area (Å²) in [5.74, 6) is 2.36. The molecule has 1 heterocycles. The van der Waals surface area contributed by atoms with E-state index in [2.05, 4.69) is 6.92 Å². The molecule has 54 valence electrons. The van der Waals surface area contributed by atoms with Gasteiger partial charge in [-0.1, -0.05) is 28.5 Å². The van der Waals surface area contributed by atoms with Crippen LogP contribution in [0, 0.1) is 0 Å². The summed E-state index contributed by atoms with van der Waals surface area (Å²) in [7, 11) is 5.68. The molecule has 0 bridgehead atoms. The molecule has 0 aromatic heterocycles. The largest absolute Gasteiger partial charge is 0.372 e. The van der Waals surface area contributed by atoms with Crippen LogP contribution in [0.4, 0.5) is 0 Å². The summed E-state index contributed by atoms with van der Waals surface area (Å²) >= 11 is 0. The van der Waals surface area contributed by atoms with E-state index in [9.17, 15) is 0 Å². The first-order valence-electron chi connectivity index (χ1n) is 2.96. The third kappa shape index (κ3) is 4.42. The minimum atomic E-state index is 0.583. The Bertz CT molecular complexity index is 74.6. The van der Waals surface area contributed by atoms with Gasteiger partial charge in [-0.3, -0.25) is 0 Å². The molecule has 1 unspecified atom stereocenters. The normalized spacial score (nSPS) is 24.3. The van der Waals surface area contributed by atoms with E-state index in [0.717, 1.165) is 12.4 Å². The number of rotatable bonds is 5. The summed E-state index contributed by atoms with van der Waals surface area (Å²) in [6.45, 7) is 3.16. The fourth-order valence-corrected chi connectivity index (χ4v) is 4.01. The highest BCUT2D eigenvalue weighted by Gasteiger charge is 2.21. The predicted octanol–water partition coefficient (Wildman–Crippen LogP) is 2.43. The van der Waals surface area contributed by atoms with Gasteiger partial charge in [0.15, 0.2) is 0 Å². The molecular weight excluding hydrogens is 172 g/mol. The van der Waals surface area contributed by atoms with Crippen LogP contribution in [-0.4, -0.2) is 24.2 Å². The summed E-state index contributed by atoms with van der Waals surface area (Å²) < 4.78 is 5.05. The van der Waals surface area contributed by atoms with Crippen molar-refractivity contribution in [1.82, 2.24) is 0 Å². The Hall–Kier alpha value is 1.01. The Balaban J connectivity index is 1.71. The molecular formula is C5H10OS3. The fourth-order valence-electron chi connectivity index (χ4n) is 0.350. The first kappa shape index (κ1) is 8.11. The van der Waals surface area contributed by atoms with E-state index in [0.29, 0.717) is 6.10 Å². The van der Waals surface area contributed by atoms with Crippen molar-refractivity contribution in [3.8, 4) is 0 Å². The van der Waals surface area contributed by atoms with Crippen LogP contribution < -0.4 is 0 Å². The molecule has 0 spiro atoms. The van der Waals surface area contributed by atoms with Gasteiger partial charge < -0.3 is 4.74 Å². The summed E-state index contributed by atoms with van der Waals surface area (Å²) in [4.78, 5) is 0. The van der Waals surface area contributed by atoms with Crippen molar-refractivity contribution in [2.75, 3.05) is 18.1 Å². The highest BCUT2D eigenvalue weighted by Crippen LogP contribution is 2.36. The zero-order chi connectivity index (χ0) is 6.53. The van der Waals surface area contributed by atoms with Crippen LogP contribution in [0.1, 0.15) is 6.92 Å². The second-order valence-corrected chi connectivity index (χ2v) is 6.28. The maximum atomic E-state index is 5.05. The van der Waals surface area contributed by atoms with Crippen LogP contribution in [0.5, 0.6) is 0 Å². The molecule has 0 amide bonds. The van der Waals surface area contributed by atoms with Crippen molar-refractivity contribution in [3.63, 3.8) is 0 Å². The van der Waals surface area contributed by atoms with E-state index in [-0.39, 0.29) is 0 Å². The smallest absolute Gasteiger partial charge is 0.0908 e. The average Bonchev–Trinajstić information content (AvgIpc) is 2.63. The van der Waals surface area contributed by atoms with Crippen molar-refractivity contribution >= 4 is 31.4 Å². The topological polar surface area (TPSA) is 12.5 Å². The van der Waals surface area contributed by atoms with Crippen molar-refractivity contribution < 1.29 is 4.74 Å². The molecule has 0 aliphatic carbocycles. The summed E-state index contributed by atoms with van der Waals surface area (Å²) in [6.07, 6.45) is 0.583. The van der Waals surface area contributed by atoms with Gasteiger partial charge in [0.1, 0.15) is 0 Å². The van der Waals surface area contributed by atoms with E-state index < -0.39 is 0 Å². The lowest BCUT2D eigenvalue weighted by molar-refractivity contribution is 0.426. The van der Waals surface area contributed by atoms with Gasteiger partial charge in [0, 0.05) is 11.5 Å². The highest BCUT2D eigenvalue weighted by molar-refractivity contribution is 9.09. The summed E-state index contributed by atoms with van der Waals surface area (Å²) in [5, 5.41) is 0. The first-order valence-corrected chi connectivity index (χ1v) is 6.78. The number of hydrogen-bond donors (Lipinski definition) is 0. The van der Waals surface area contributed by atoms with Crippen molar-refractivity contribution in [2.24, 2.45) is 0 Å². The van der Waals surface area contributed by atoms with Gasteiger partial charge >= 0.3 is 0 Å². The lowest BCUT2D eigenvalue weighted by atomic mass is 10.6. The molecule has 4 heteroatoms. The van der Waals surface area contributed by atoms with Gasteiger partial charge in [0.25, 0.3) is 0 Å². The standard InChI is InChI=1S/C5H10OS3/c1-2-7-9-8-4-5-3-6-5/h5H,2-4H2,1H3. The molecule has 0 N–H and O–H groups in total. The first-order chi connectivity index (χ1) is 4.43. The van der Waals surface area contributed by atoms with E-state index in [1.54, 1.807) is 0 Å². The number of hydrogen-bond acceptors (Lipinski definition) is 4. The Kier molecular flexibility index (Phi) is 4.30.